The molecule has 188 valence electrons. The van der Waals surface area contributed by atoms with Crippen LogP contribution in [0.2, 0.25) is 0 Å². The molecule has 8 heteroatoms. The van der Waals surface area contributed by atoms with Gasteiger partial charge in [-0.2, -0.15) is 13.2 Å². The molecule has 2 aromatic rings. The van der Waals surface area contributed by atoms with Crippen LogP contribution >= 0.6 is 0 Å². The number of carbonyl (C=O) groups is 2. The fraction of sp³-hybridized carbons (Fsp3) is 0.481. The van der Waals surface area contributed by atoms with Gasteiger partial charge in [-0.05, 0) is 73.2 Å². The predicted molar refractivity (Wildman–Crippen MR) is 126 cm³/mol. The third-order valence-electron chi connectivity index (χ3n) is 7.60. The molecule has 2 fully saturated rings. The number of carbonyl (C=O) groups excluding carboxylic acids is 1. The Balaban J connectivity index is 0.000000364. The lowest BCUT2D eigenvalue weighted by molar-refractivity contribution is -0.192. The number of carboxylic acids is 1. The third-order valence-corrected chi connectivity index (χ3v) is 7.60. The summed E-state index contributed by atoms with van der Waals surface area (Å²) < 4.78 is 31.7. The standard InChI is InChI=1S/C25H30N2O.C2HF3O2/c28-24(22-18-21(22)19-6-2-1-3-7-19)26-14-17-27-15-12-25(13-16-27)11-10-20-8-4-5-9-23(20)25;3-2(4,5)1(6)7/h1-9,21-22H,10-18H2,(H,26,28);(H,6,7)/t21-,22+;/m1./s1. The highest BCUT2D eigenvalue weighted by atomic mass is 19.4. The highest BCUT2D eigenvalue weighted by molar-refractivity contribution is 5.82. The highest BCUT2D eigenvalue weighted by Crippen LogP contribution is 2.47. The molecule has 2 aliphatic carbocycles. The van der Waals surface area contributed by atoms with Crippen molar-refractivity contribution in [3.8, 4) is 0 Å². The van der Waals surface area contributed by atoms with Crippen molar-refractivity contribution in [3.63, 3.8) is 0 Å². The van der Waals surface area contributed by atoms with E-state index in [0.29, 0.717) is 11.3 Å². The van der Waals surface area contributed by atoms with Gasteiger partial charge in [-0.3, -0.25) is 4.79 Å². The van der Waals surface area contributed by atoms with E-state index < -0.39 is 12.1 Å². The monoisotopic (exact) mass is 488 g/mol. The highest BCUT2D eigenvalue weighted by Gasteiger charge is 2.44. The molecule has 1 amide bonds. The van der Waals surface area contributed by atoms with Crippen LogP contribution in [0.1, 0.15) is 48.3 Å². The normalized spacial score (nSPS) is 22.6. The molecule has 2 aromatic carbocycles. The average molecular weight is 489 g/mol. The van der Waals surface area contributed by atoms with Crippen LogP contribution < -0.4 is 5.32 Å². The van der Waals surface area contributed by atoms with Gasteiger partial charge in [-0.15, -0.1) is 0 Å². The van der Waals surface area contributed by atoms with Gasteiger partial charge in [-0.25, -0.2) is 4.79 Å². The van der Waals surface area contributed by atoms with Gasteiger partial charge < -0.3 is 15.3 Å². The number of fused-ring (bicyclic) bond motifs is 2. The summed E-state index contributed by atoms with van der Waals surface area (Å²) in [6.45, 7) is 4.06. The van der Waals surface area contributed by atoms with Gasteiger partial charge in [0.05, 0.1) is 0 Å². The van der Waals surface area contributed by atoms with Crippen LogP contribution in [0.3, 0.4) is 0 Å². The van der Waals surface area contributed by atoms with E-state index >= 15 is 0 Å². The number of nitrogens with zero attached hydrogens (tertiary/aromatic N) is 1. The number of rotatable bonds is 5. The summed E-state index contributed by atoms with van der Waals surface area (Å²) in [5.41, 5.74) is 4.91. The number of hydrogen-bond acceptors (Lipinski definition) is 3. The Hall–Kier alpha value is -2.87. The number of piperidine rings is 1. The summed E-state index contributed by atoms with van der Waals surface area (Å²) >= 11 is 0. The van der Waals surface area contributed by atoms with Gasteiger partial charge in [-0.1, -0.05) is 54.6 Å². The van der Waals surface area contributed by atoms with Crippen molar-refractivity contribution < 1.29 is 27.9 Å². The fourth-order valence-corrected chi connectivity index (χ4v) is 5.51. The Bertz CT molecular complexity index is 1030. The van der Waals surface area contributed by atoms with Gasteiger partial charge in [0.15, 0.2) is 0 Å². The number of aryl methyl sites for hydroxylation is 1. The molecule has 0 bridgehead atoms. The summed E-state index contributed by atoms with van der Waals surface area (Å²) in [6.07, 6.45) is 1.00. The molecule has 5 nitrogen and oxygen atoms in total. The molecule has 5 rings (SSSR count). The van der Waals surface area contributed by atoms with Crippen molar-refractivity contribution in [2.24, 2.45) is 5.92 Å². The zero-order valence-electron chi connectivity index (χ0n) is 19.6. The zero-order chi connectivity index (χ0) is 25.1. The second kappa shape index (κ2) is 10.4. The lowest BCUT2D eigenvalue weighted by atomic mass is 9.74. The molecule has 1 aliphatic heterocycles. The largest absolute Gasteiger partial charge is 0.490 e. The number of alkyl halides is 3. The molecule has 0 radical (unpaired) electrons. The minimum absolute atomic E-state index is 0.182. The fourth-order valence-electron chi connectivity index (χ4n) is 5.51. The minimum atomic E-state index is -5.08. The van der Waals surface area contributed by atoms with Crippen molar-refractivity contribution in [2.45, 2.75) is 49.6 Å². The smallest absolute Gasteiger partial charge is 0.475 e. The van der Waals surface area contributed by atoms with Gasteiger partial charge in [0.25, 0.3) is 0 Å². The molecule has 0 unspecified atom stereocenters. The van der Waals surface area contributed by atoms with Crippen LogP contribution in [0.4, 0.5) is 13.2 Å². The molecule has 35 heavy (non-hydrogen) atoms. The average Bonchev–Trinajstić information content (AvgIpc) is 3.58. The third kappa shape index (κ3) is 6.04. The SMILES string of the molecule is O=C(NCCN1CCC2(CCc3ccccc32)CC1)[C@H]1C[C@@H]1c1ccccc1.O=C(O)C(F)(F)F. The molecule has 1 saturated heterocycles. The first-order chi connectivity index (χ1) is 16.7. The Morgan fingerprint density at radius 3 is 2.29 bits per heavy atom. The maximum atomic E-state index is 12.4. The second-order valence-electron chi connectivity index (χ2n) is 9.73. The first-order valence-corrected chi connectivity index (χ1v) is 12.1. The molecule has 2 N–H and O–H groups in total. The van der Waals surface area contributed by atoms with Crippen LogP contribution in [-0.4, -0.2) is 54.2 Å². The van der Waals surface area contributed by atoms with Crippen molar-refractivity contribution in [3.05, 3.63) is 71.3 Å². The summed E-state index contributed by atoms with van der Waals surface area (Å²) in [6, 6.07) is 19.5. The van der Waals surface area contributed by atoms with E-state index in [9.17, 15) is 18.0 Å². The Morgan fingerprint density at radius 2 is 1.63 bits per heavy atom. The Kier molecular flexibility index (Phi) is 7.50. The number of hydrogen-bond donors (Lipinski definition) is 2. The molecule has 0 aromatic heterocycles. The first kappa shape index (κ1) is 25.2. The van der Waals surface area contributed by atoms with E-state index in [1.807, 2.05) is 6.07 Å². The Labute approximate surface area is 203 Å². The van der Waals surface area contributed by atoms with E-state index in [1.54, 1.807) is 11.1 Å². The summed E-state index contributed by atoms with van der Waals surface area (Å²) in [4.78, 5) is 23.9. The number of aliphatic carboxylic acids is 1. The van der Waals surface area contributed by atoms with Crippen molar-refractivity contribution >= 4 is 11.9 Å². The maximum Gasteiger partial charge on any atom is 0.490 e. The molecule has 1 heterocycles. The van der Waals surface area contributed by atoms with E-state index in [4.69, 9.17) is 9.90 Å². The quantitative estimate of drug-likeness (QED) is 0.650. The molecule has 1 spiro atoms. The predicted octanol–water partition coefficient (Wildman–Crippen LogP) is 4.52. The molecule has 2 atom stereocenters. The van der Waals surface area contributed by atoms with Crippen molar-refractivity contribution in [2.75, 3.05) is 26.2 Å². The van der Waals surface area contributed by atoms with Gasteiger partial charge in [0.2, 0.25) is 5.91 Å². The van der Waals surface area contributed by atoms with E-state index in [-0.39, 0.29) is 11.8 Å². The van der Waals surface area contributed by atoms with Crippen LogP contribution in [0.15, 0.2) is 54.6 Å². The lowest BCUT2D eigenvalue weighted by Gasteiger charge is -2.40. The molecule has 3 aliphatic rings. The number of amides is 1. The number of carboxylic acid groups (broad SMARTS) is 1. The number of benzene rings is 2. The van der Waals surface area contributed by atoms with Crippen LogP contribution in [0.5, 0.6) is 0 Å². The molecular weight excluding hydrogens is 457 g/mol. The summed E-state index contributed by atoms with van der Waals surface area (Å²) in [5, 5.41) is 10.3. The molecular formula is C27H31F3N2O3. The number of likely N-dealkylation sites (tertiary alicyclic amines) is 1. The number of halogens is 3. The van der Waals surface area contributed by atoms with E-state index in [1.165, 1.54) is 31.2 Å². The second-order valence-corrected chi connectivity index (χ2v) is 9.73. The zero-order valence-corrected chi connectivity index (χ0v) is 19.6. The van der Waals surface area contributed by atoms with Crippen molar-refractivity contribution in [1.82, 2.24) is 10.2 Å². The van der Waals surface area contributed by atoms with Crippen LogP contribution in [-0.2, 0) is 21.4 Å². The Morgan fingerprint density at radius 1 is 1.00 bits per heavy atom. The van der Waals surface area contributed by atoms with Crippen LogP contribution in [0.25, 0.3) is 0 Å². The summed E-state index contributed by atoms with van der Waals surface area (Å²) in [5.74, 6) is -1.90. The topological polar surface area (TPSA) is 69.6 Å². The number of nitrogens with one attached hydrogen (secondary N) is 1. The van der Waals surface area contributed by atoms with Gasteiger partial charge in [0.1, 0.15) is 0 Å². The van der Waals surface area contributed by atoms with E-state index in [2.05, 4.69) is 58.7 Å². The van der Waals surface area contributed by atoms with Crippen molar-refractivity contribution in [1.29, 1.82) is 0 Å². The summed E-state index contributed by atoms with van der Waals surface area (Å²) in [7, 11) is 0. The first-order valence-electron chi connectivity index (χ1n) is 12.1. The molecule has 1 saturated carbocycles. The van der Waals surface area contributed by atoms with Gasteiger partial charge in [0, 0.05) is 19.0 Å². The maximum absolute atomic E-state index is 12.4. The van der Waals surface area contributed by atoms with Crippen LogP contribution in [0, 0.1) is 5.92 Å². The van der Waals surface area contributed by atoms with Gasteiger partial charge >= 0.3 is 12.1 Å². The lowest BCUT2D eigenvalue weighted by Crippen LogP contribution is -2.44. The van der Waals surface area contributed by atoms with E-state index in [0.717, 1.165) is 32.6 Å². The minimum Gasteiger partial charge on any atom is -0.475 e.